The molecule has 0 aliphatic carbocycles. The van der Waals surface area contributed by atoms with E-state index in [2.05, 4.69) is 43.3 Å². The lowest BCUT2D eigenvalue weighted by Crippen LogP contribution is -2.28. The van der Waals surface area contributed by atoms with Crippen molar-refractivity contribution in [2.24, 2.45) is 10.2 Å². The standard InChI is InChI=1S/C24H21BrN4O2/c1-29(14-13-16-5-3-2-4-6-16)24(31)17-7-10-19(11-8-17)27-28-22-20-15-18(25)9-12-21(20)26-23(22)30/h2-12,15,26,30H,13-14H2,1H3. The van der Waals surface area contributed by atoms with Gasteiger partial charge in [-0.1, -0.05) is 46.3 Å². The minimum atomic E-state index is -0.0430. The van der Waals surface area contributed by atoms with Crippen molar-refractivity contribution < 1.29 is 9.90 Å². The Kier molecular flexibility index (Phi) is 6.13. The van der Waals surface area contributed by atoms with Crippen LogP contribution in [0.4, 0.5) is 11.4 Å². The van der Waals surface area contributed by atoms with Gasteiger partial charge >= 0.3 is 0 Å². The summed E-state index contributed by atoms with van der Waals surface area (Å²) in [7, 11) is 1.80. The van der Waals surface area contributed by atoms with Crippen LogP contribution in [0, 0.1) is 0 Å². The molecule has 3 aromatic carbocycles. The number of aromatic amines is 1. The number of aromatic nitrogens is 1. The van der Waals surface area contributed by atoms with Crippen LogP contribution in [0.15, 0.2) is 87.5 Å². The minimum absolute atomic E-state index is 0.0383. The zero-order chi connectivity index (χ0) is 21.8. The molecule has 1 amide bonds. The summed E-state index contributed by atoms with van der Waals surface area (Å²) in [6.45, 7) is 0.639. The summed E-state index contributed by atoms with van der Waals surface area (Å²) in [6, 6.07) is 22.7. The van der Waals surface area contributed by atoms with Crippen LogP contribution in [0.3, 0.4) is 0 Å². The van der Waals surface area contributed by atoms with E-state index in [1.54, 1.807) is 36.2 Å². The molecular formula is C24H21BrN4O2. The van der Waals surface area contributed by atoms with Crippen LogP contribution in [0.1, 0.15) is 15.9 Å². The Labute approximate surface area is 188 Å². The number of hydrogen-bond donors (Lipinski definition) is 2. The molecule has 0 unspecified atom stereocenters. The number of rotatable bonds is 6. The third-order valence-corrected chi connectivity index (χ3v) is 5.51. The minimum Gasteiger partial charge on any atom is -0.493 e. The monoisotopic (exact) mass is 476 g/mol. The third kappa shape index (κ3) is 4.83. The Bertz CT molecular complexity index is 1230. The van der Waals surface area contributed by atoms with E-state index in [1.807, 2.05) is 36.4 Å². The molecule has 7 heteroatoms. The molecule has 2 N–H and O–H groups in total. The number of carbonyl (C=O) groups is 1. The van der Waals surface area contributed by atoms with E-state index in [-0.39, 0.29) is 11.8 Å². The van der Waals surface area contributed by atoms with Crippen LogP contribution in [-0.4, -0.2) is 34.5 Å². The van der Waals surface area contributed by atoms with Crippen molar-refractivity contribution in [1.82, 2.24) is 9.88 Å². The summed E-state index contributed by atoms with van der Waals surface area (Å²) >= 11 is 3.43. The van der Waals surface area contributed by atoms with Gasteiger partial charge in [0.1, 0.15) is 0 Å². The first-order valence-corrected chi connectivity index (χ1v) is 10.6. The molecule has 0 aliphatic rings. The molecule has 0 fully saturated rings. The smallest absolute Gasteiger partial charge is 0.253 e. The zero-order valence-corrected chi connectivity index (χ0v) is 18.5. The summed E-state index contributed by atoms with van der Waals surface area (Å²) < 4.78 is 0.884. The van der Waals surface area contributed by atoms with Crippen LogP contribution < -0.4 is 0 Å². The van der Waals surface area contributed by atoms with Crippen molar-refractivity contribution in [2.75, 3.05) is 13.6 Å². The zero-order valence-electron chi connectivity index (χ0n) is 16.9. The number of halogens is 1. The fourth-order valence-electron chi connectivity index (χ4n) is 3.28. The van der Waals surface area contributed by atoms with E-state index in [4.69, 9.17) is 0 Å². The topological polar surface area (TPSA) is 81.1 Å². The number of nitrogens with one attached hydrogen (secondary N) is 1. The maximum Gasteiger partial charge on any atom is 0.253 e. The van der Waals surface area contributed by atoms with Gasteiger partial charge in [0.25, 0.3) is 5.91 Å². The van der Waals surface area contributed by atoms with Crippen LogP contribution in [-0.2, 0) is 6.42 Å². The maximum atomic E-state index is 12.7. The van der Waals surface area contributed by atoms with Crippen molar-refractivity contribution in [3.63, 3.8) is 0 Å². The van der Waals surface area contributed by atoms with Gasteiger partial charge in [-0.05, 0) is 54.4 Å². The van der Waals surface area contributed by atoms with Gasteiger partial charge in [-0.15, -0.1) is 5.11 Å². The van der Waals surface area contributed by atoms with Crippen molar-refractivity contribution >= 4 is 44.1 Å². The van der Waals surface area contributed by atoms with Crippen LogP contribution in [0.2, 0.25) is 0 Å². The first-order valence-electron chi connectivity index (χ1n) is 9.82. The van der Waals surface area contributed by atoms with Crippen molar-refractivity contribution in [2.45, 2.75) is 6.42 Å². The lowest BCUT2D eigenvalue weighted by molar-refractivity contribution is 0.0796. The van der Waals surface area contributed by atoms with Crippen LogP contribution in [0.5, 0.6) is 5.88 Å². The second kappa shape index (κ2) is 9.14. The van der Waals surface area contributed by atoms with Gasteiger partial charge in [0.05, 0.1) is 11.2 Å². The van der Waals surface area contributed by atoms with Crippen molar-refractivity contribution in [1.29, 1.82) is 0 Å². The number of amides is 1. The number of H-pyrrole nitrogens is 1. The number of azo groups is 1. The molecule has 1 aromatic heterocycles. The molecular weight excluding hydrogens is 456 g/mol. The largest absolute Gasteiger partial charge is 0.493 e. The Morgan fingerprint density at radius 1 is 1.03 bits per heavy atom. The third-order valence-electron chi connectivity index (χ3n) is 5.02. The van der Waals surface area contributed by atoms with Gasteiger partial charge in [0.15, 0.2) is 5.69 Å². The first-order chi connectivity index (χ1) is 15.0. The van der Waals surface area contributed by atoms with Gasteiger partial charge in [-0.3, -0.25) is 4.79 Å². The summed E-state index contributed by atoms with van der Waals surface area (Å²) in [5, 5.41) is 19.3. The Balaban J connectivity index is 1.44. The number of benzene rings is 3. The van der Waals surface area contributed by atoms with Crippen molar-refractivity contribution in [3.05, 3.63) is 88.4 Å². The number of nitrogens with zero attached hydrogens (tertiary/aromatic N) is 3. The highest BCUT2D eigenvalue weighted by Crippen LogP contribution is 2.37. The van der Waals surface area contributed by atoms with E-state index in [9.17, 15) is 9.90 Å². The predicted octanol–water partition coefficient (Wildman–Crippen LogP) is 6.37. The Morgan fingerprint density at radius 3 is 2.52 bits per heavy atom. The SMILES string of the molecule is CN(CCc1ccccc1)C(=O)c1ccc(N=Nc2c(O)[nH]c3ccc(Br)cc23)cc1. The highest BCUT2D eigenvalue weighted by molar-refractivity contribution is 9.10. The summed E-state index contributed by atoms with van der Waals surface area (Å²) in [5.74, 6) is -0.0813. The second-order valence-electron chi connectivity index (χ2n) is 7.22. The first kappa shape index (κ1) is 20.8. The Morgan fingerprint density at radius 2 is 1.77 bits per heavy atom. The average Bonchev–Trinajstić information content (AvgIpc) is 3.10. The van der Waals surface area contributed by atoms with E-state index in [1.165, 1.54) is 5.56 Å². The van der Waals surface area contributed by atoms with Gasteiger partial charge < -0.3 is 15.0 Å². The van der Waals surface area contributed by atoms with Crippen LogP contribution >= 0.6 is 15.9 Å². The second-order valence-corrected chi connectivity index (χ2v) is 8.14. The lowest BCUT2D eigenvalue weighted by Gasteiger charge is -2.17. The molecule has 0 spiro atoms. The molecule has 0 radical (unpaired) electrons. The fourth-order valence-corrected chi connectivity index (χ4v) is 3.64. The predicted molar refractivity (Wildman–Crippen MR) is 125 cm³/mol. The molecule has 31 heavy (non-hydrogen) atoms. The highest BCUT2D eigenvalue weighted by atomic mass is 79.9. The molecule has 4 aromatic rings. The molecule has 0 aliphatic heterocycles. The Hall–Kier alpha value is -3.45. The van der Waals surface area contributed by atoms with Gasteiger partial charge in [0, 0.05) is 29.0 Å². The molecule has 1 heterocycles. The average molecular weight is 477 g/mol. The quantitative estimate of drug-likeness (QED) is 0.317. The number of carbonyl (C=O) groups excluding carboxylic acids is 1. The van der Waals surface area contributed by atoms with E-state index >= 15 is 0 Å². The molecule has 0 saturated carbocycles. The molecule has 6 nitrogen and oxygen atoms in total. The maximum absolute atomic E-state index is 12.7. The summed E-state index contributed by atoms with van der Waals surface area (Å²) in [4.78, 5) is 17.3. The normalized spacial score (nSPS) is 11.3. The number of aromatic hydroxyl groups is 1. The highest BCUT2D eigenvalue weighted by Gasteiger charge is 2.13. The number of likely N-dealkylation sites (N-methyl/N-ethyl adjacent to an activating group) is 1. The van der Waals surface area contributed by atoms with Crippen LogP contribution in [0.25, 0.3) is 10.9 Å². The fraction of sp³-hybridized carbons (Fsp3) is 0.125. The van der Waals surface area contributed by atoms with Gasteiger partial charge in [-0.25, -0.2) is 0 Å². The molecule has 156 valence electrons. The molecule has 0 bridgehead atoms. The lowest BCUT2D eigenvalue weighted by atomic mass is 10.1. The van der Waals surface area contributed by atoms with Crippen molar-refractivity contribution in [3.8, 4) is 5.88 Å². The molecule has 0 atom stereocenters. The van der Waals surface area contributed by atoms with E-state index < -0.39 is 0 Å². The van der Waals surface area contributed by atoms with E-state index in [0.29, 0.717) is 23.5 Å². The molecule has 4 rings (SSSR count). The van der Waals surface area contributed by atoms with Gasteiger partial charge in [-0.2, -0.15) is 5.11 Å². The summed E-state index contributed by atoms with van der Waals surface area (Å²) in [6.07, 6.45) is 0.805. The van der Waals surface area contributed by atoms with E-state index in [0.717, 1.165) is 21.8 Å². The summed E-state index contributed by atoms with van der Waals surface area (Å²) in [5.41, 5.74) is 3.53. The number of hydrogen-bond acceptors (Lipinski definition) is 4. The number of fused-ring (bicyclic) bond motifs is 1. The molecule has 0 saturated heterocycles. The van der Waals surface area contributed by atoms with Gasteiger partial charge in [0.2, 0.25) is 5.88 Å².